The average molecular weight is 224 g/mol. The maximum atomic E-state index is 3.62. The van der Waals surface area contributed by atoms with E-state index in [2.05, 4.69) is 24.5 Å². The van der Waals surface area contributed by atoms with Crippen LogP contribution >= 0.6 is 0 Å². The first-order chi connectivity index (χ1) is 7.79. The summed E-state index contributed by atoms with van der Waals surface area (Å²) >= 11 is 0. The van der Waals surface area contributed by atoms with Crippen molar-refractivity contribution >= 4 is 0 Å². The van der Waals surface area contributed by atoms with Gasteiger partial charge < -0.3 is 10.6 Å². The Morgan fingerprint density at radius 3 is 2.44 bits per heavy atom. The van der Waals surface area contributed by atoms with Crippen LogP contribution in [0.2, 0.25) is 0 Å². The van der Waals surface area contributed by atoms with Crippen LogP contribution in [0.15, 0.2) is 0 Å². The van der Waals surface area contributed by atoms with Crippen LogP contribution in [-0.4, -0.2) is 26.2 Å². The SMILES string of the molecule is CC(C)CNCCCNCC1C2CCCC21. The molecule has 2 aliphatic rings. The Kier molecular flexibility index (Phi) is 4.66. The van der Waals surface area contributed by atoms with Gasteiger partial charge in [-0.15, -0.1) is 0 Å². The lowest BCUT2D eigenvalue weighted by Gasteiger charge is -2.08. The molecule has 0 aliphatic heterocycles. The fraction of sp³-hybridized carbons (Fsp3) is 1.00. The van der Waals surface area contributed by atoms with E-state index in [1.807, 2.05) is 0 Å². The lowest BCUT2D eigenvalue weighted by Crippen LogP contribution is -2.26. The fourth-order valence-electron chi connectivity index (χ4n) is 3.27. The molecule has 0 aromatic heterocycles. The molecule has 2 atom stereocenters. The largest absolute Gasteiger partial charge is 0.316 e. The van der Waals surface area contributed by atoms with Gasteiger partial charge in [0.2, 0.25) is 0 Å². The van der Waals surface area contributed by atoms with Crippen molar-refractivity contribution in [1.82, 2.24) is 10.6 Å². The van der Waals surface area contributed by atoms with Gasteiger partial charge in [0.15, 0.2) is 0 Å². The van der Waals surface area contributed by atoms with Crippen molar-refractivity contribution in [3.05, 3.63) is 0 Å². The van der Waals surface area contributed by atoms with Crippen molar-refractivity contribution in [2.75, 3.05) is 26.2 Å². The molecule has 2 fully saturated rings. The van der Waals surface area contributed by atoms with Gasteiger partial charge in [0.25, 0.3) is 0 Å². The van der Waals surface area contributed by atoms with E-state index in [-0.39, 0.29) is 0 Å². The summed E-state index contributed by atoms with van der Waals surface area (Å²) in [6.07, 6.45) is 5.82. The van der Waals surface area contributed by atoms with E-state index in [1.165, 1.54) is 45.3 Å². The van der Waals surface area contributed by atoms with Crippen LogP contribution in [0.4, 0.5) is 0 Å². The van der Waals surface area contributed by atoms with Gasteiger partial charge in [0.05, 0.1) is 0 Å². The quantitative estimate of drug-likeness (QED) is 0.618. The van der Waals surface area contributed by atoms with Gasteiger partial charge in [-0.1, -0.05) is 20.3 Å². The zero-order valence-electron chi connectivity index (χ0n) is 11.0. The van der Waals surface area contributed by atoms with Gasteiger partial charge in [0.1, 0.15) is 0 Å². The van der Waals surface area contributed by atoms with Crippen molar-refractivity contribution < 1.29 is 0 Å². The first-order valence-corrected chi connectivity index (χ1v) is 7.20. The standard InChI is InChI=1S/C14H28N2/c1-11(2)9-15-7-4-8-16-10-14-12-5-3-6-13(12)14/h11-16H,3-10H2,1-2H3. The predicted octanol–water partition coefficient (Wildman–Crippen LogP) is 2.26. The lowest BCUT2D eigenvalue weighted by atomic mass is 10.1. The summed E-state index contributed by atoms with van der Waals surface area (Å²) in [5.41, 5.74) is 0. The van der Waals surface area contributed by atoms with Gasteiger partial charge in [-0.05, 0) is 69.1 Å². The Bertz CT molecular complexity index is 193. The number of hydrogen-bond acceptors (Lipinski definition) is 2. The summed E-state index contributed by atoms with van der Waals surface area (Å²) in [6.45, 7) is 9.34. The average Bonchev–Trinajstić information content (AvgIpc) is 2.71. The third kappa shape index (κ3) is 3.46. The number of hydrogen-bond donors (Lipinski definition) is 2. The molecule has 0 spiro atoms. The summed E-state index contributed by atoms with van der Waals surface area (Å²) in [6, 6.07) is 0. The maximum absolute atomic E-state index is 3.62. The highest BCUT2D eigenvalue weighted by molar-refractivity contribution is 5.01. The van der Waals surface area contributed by atoms with Gasteiger partial charge in [0, 0.05) is 0 Å². The Labute approximate surface area is 101 Å². The fourth-order valence-corrected chi connectivity index (χ4v) is 3.27. The summed E-state index contributed by atoms with van der Waals surface area (Å²) in [5, 5.41) is 7.11. The molecule has 0 radical (unpaired) electrons. The van der Waals surface area contributed by atoms with Crippen LogP contribution in [0.3, 0.4) is 0 Å². The lowest BCUT2D eigenvalue weighted by molar-refractivity contribution is 0.504. The molecular weight excluding hydrogens is 196 g/mol. The van der Waals surface area contributed by atoms with Gasteiger partial charge >= 0.3 is 0 Å². The van der Waals surface area contributed by atoms with Gasteiger partial charge in [-0.25, -0.2) is 0 Å². The molecule has 2 N–H and O–H groups in total. The molecule has 0 aromatic rings. The van der Waals surface area contributed by atoms with E-state index in [0.717, 1.165) is 30.2 Å². The number of rotatable bonds is 8. The Balaban J connectivity index is 1.36. The molecule has 2 unspecified atom stereocenters. The summed E-state index contributed by atoms with van der Waals surface area (Å²) in [5.74, 6) is 4.06. The molecule has 0 heterocycles. The van der Waals surface area contributed by atoms with E-state index in [4.69, 9.17) is 0 Å². The third-order valence-electron chi connectivity index (χ3n) is 4.22. The molecule has 16 heavy (non-hydrogen) atoms. The molecule has 2 rings (SSSR count). The second-order valence-corrected chi connectivity index (χ2v) is 6.08. The monoisotopic (exact) mass is 224 g/mol. The summed E-state index contributed by atoms with van der Waals surface area (Å²) in [7, 11) is 0. The summed E-state index contributed by atoms with van der Waals surface area (Å²) < 4.78 is 0. The van der Waals surface area contributed by atoms with Gasteiger partial charge in [-0.3, -0.25) is 0 Å². The molecule has 2 nitrogen and oxygen atoms in total. The topological polar surface area (TPSA) is 24.1 Å². The highest BCUT2D eigenvalue weighted by Gasteiger charge is 2.51. The predicted molar refractivity (Wildman–Crippen MR) is 69.5 cm³/mol. The van der Waals surface area contributed by atoms with Crippen LogP contribution in [0.5, 0.6) is 0 Å². The van der Waals surface area contributed by atoms with Crippen LogP contribution in [-0.2, 0) is 0 Å². The third-order valence-corrected chi connectivity index (χ3v) is 4.22. The van der Waals surface area contributed by atoms with Crippen LogP contribution in [0.25, 0.3) is 0 Å². The number of nitrogens with one attached hydrogen (secondary N) is 2. The minimum Gasteiger partial charge on any atom is -0.316 e. The molecule has 94 valence electrons. The first kappa shape index (κ1) is 12.4. The Morgan fingerprint density at radius 2 is 1.75 bits per heavy atom. The van der Waals surface area contributed by atoms with E-state index in [1.54, 1.807) is 0 Å². The Hall–Kier alpha value is -0.0800. The zero-order valence-corrected chi connectivity index (χ0v) is 11.0. The van der Waals surface area contributed by atoms with Crippen LogP contribution < -0.4 is 10.6 Å². The minimum atomic E-state index is 0.777. The maximum Gasteiger partial charge on any atom is -0.00150 e. The van der Waals surface area contributed by atoms with Crippen LogP contribution in [0.1, 0.15) is 39.5 Å². The van der Waals surface area contributed by atoms with Crippen molar-refractivity contribution in [3.63, 3.8) is 0 Å². The van der Waals surface area contributed by atoms with Crippen molar-refractivity contribution in [2.45, 2.75) is 39.5 Å². The second-order valence-electron chi connectivity index (χ2n) is 6.08. The molecule has 0 aromatic carbocycles. The van der Waals surface area contributed by atoms with Crippen molar-refractivity contribution in [3.8, 4) is 0 Å². The van der Waals surface area contributed by atoms with Crippen molar-refractivity contribution in [1.29, 1.82) is 0 Å². The second kappa shape index (κ2) is 6.02. The Morgan fingerprint density at radius 1 is 1.06 bits per heavy atom. The minimum absolute atomic E-state index is 0.777. The van der Waals surface area contributed by atoms with Gasteiger partial charge in [-0.2, -0.15) is 0 Å². The van der Waals surface area contributed by atoms with E-state index in [0.29, 0.717) is 0 Å². The first-order valence-electron chi connectivity index (χ1n) is 7.20. The van der Waals surface area contributed by atoms with Crippen molar-refractivity contribution in [2.24, 2.45) is 23.7 Å². The highest BCUT2D eigenvalue weighted by atomic mass is 14.9. The molecule has 2 heteroatoms. The molecule has 0 bridgehead atoms. The molecule has 0 amide bonds. The molecular formula is C14H28N2. The molecule has 0 saturated heterocycles. The van der Waals surface area contributed by atoms with E-state index in [9.17, 15) is 0 Å². The number of fused-ring (bicyclic) bond motifs is 1. The van der Waals surface area contributed by atoms with Crippen LogP contribution in [0, 0.1) is 23.7 Å². The van der Waals surface area contributed by atoms with E-state index < -0.39 is 0 Å². The normalized spacial score (nSPS) is 32.1. The molecule has 2 saturated carbocycles. The molecule has 2 aliphatic carbocycles. The smallest absolute Gasteiger partial charge is 0.00150 e. The zero-order chi connectivity index (χ0) is 11.4. The highest BCUT2D eigenvalue weighted by Crippen LogP contribution is 2.56. The van der Waals surface area contributed by atoms with E-state index >= 15 is 0 Å². The summed E-state index contributed by atoms with van der Waals surface area (Å²) in [4.78, 5) is 0.